The normalized spacial score (nSPS) is 19.2. The number of hydrogen-bond donors (Lipinski definition) is 1. The van der Waals surface area contributed by atoms with Crippen molar-refractivity contribution in [1.82, 2.24) is 0 Å². The summed E-state index contributed by atoms with van der Waals surface area (Å²) in [5, 5.41) is 0. The molecule has 0 saturated heterocycles. The van der Waals surface area contributed by atoms with E-state index in [4.69, 9.17) is 10.5 Å². The van der Waals surface area contributed by atoms with Crippen LogP contribution in [-0.2, 0) is 9.59 Å². The second-order valence-electron chi connectivity index (χ2n) is 6.42. The molecule has 0 bridgehead atoms. The zero-order valence-corrected chi connectivity index (χ0v) is 14.9. The van der Waals surface area contributed by atoms with Crippen molar-refractivity contribution in [2.75, 3.05) is 12.0 Å². The summed E-state index contributed by atoms with van der Waals surface area (Å²) in [6.45, 7) is 1.93. The number of hydrogen-bond acceptors (Lipinski definition) is 3. The number of methoxy groups -OCH3 is 1. The third-order valence-corrected chi connectivity index (χ3v) is 4.68. The molecule has 0 aromatic heterocycles. The van der Waals surface area contributed by atoms with Gasteiger partial charge >= 0.3 is 0 Å². The summed E-state index contributed by atoms with van der Waals surface area (Å²) in [5.74, 6) is -0.118. The molecule has 0 spiro atoms. The third-order valence-electron chi connectivity index (χ3n) is 4.68. The summed E-state index contributed by atoms with van der Waals surface area (Å²) in [6, 6.07) is 14.8. The summed E-state index contributed by atoms with van der Waals surface area (Å²) in [4.78, 5) is 26.4. The van der Waals surface area contributed by atoms with E-state index < -0.39 is 0 Å². The van der Waals surface area contributed by atoms with E-state index in [-0.39, 0.29) is 23.8 Å². The minimum atomic E-state index is -0.368. The highest BCUT2D eigenvalue weighted by atomic mass is 16.5. The van der Waals surface area contributed by atoms with Crippen molar-refractivity contribution in [3.8, 4) is 5.75 Å². The van der Waals surface area contributed by atoms with E-state index in [1.54, 1.807) is 24.2 Å². The van der Waals surface area contributed by atoms with Gasteiger partial charge < -0.3 is 15.4 Å². The second-order valence-corrected chi connectivity index (χ2v) is 6.42. The Balaban J connectivity index is 1.89. The van der Waals surface area contributed by atoms with Crippen molar-refractivity contribution in [1.29, 1.82) is 0 Å². The van der Waals surface area contributed by atoms with Crippen molar-refractivity contribution in [3.63, 3.8) is 0 Å². The molecule has 0 unspecified atom stereocenters. The first-order valence-electron chi connectivity index (χ1n) is 8.55. The van der Waals surface area contributed by atoms with Crippen LogP contribution in [0.5, 0.6) is 5.75 Å². The fraction of sp³-hybridized carbons (Fsp3) is 0.238. The molecule has 1 aliphatic rings. The molecule has 0 aliphatic carbocycles. The lowest BCUT2D eigenvalue weighted by Gasteiger charge is -2.37. The van der Waals surface area contributed by atoms with Crippen molar-refractivity contribution in [2.24, 2.45) is 5.73 Å². The number of fused-ring (bicyclic) bond motifs is 1. The summed E-state index contributed by atoms with van der Waals surface area (Å²) in [6.07, 6.45) is 3.83. The molecule has 5 heteroatoms. The fourth-order valence-electron chi connectivity index (χ4n) is 3.41. The highest BCUT2D eigenvalue weighted by molar-refractivity contribution is 6.06. The number of nitrogens with zero attached hydrogens (tertiary/aromatic N) is 1. The van der Waals surface area contributed by atoms with Gasteiger partial charge in [-0.1, -0.05) is 30.3 Å². The van der Waals surface area contributed by atoms with Crippen LogP contribution in [0, 0.1) is 0 Å². The van der Waals surface area contributed by atoms with Crippen LogP contribution >= 0.6 is 0 Å². The maximum absolute atomic E-state index is 12.9. The molecule has 3 rings (SSSR count). The Bertz CT molecular complexity index is 860. The topological polar surface area (TPSA) is 72.6 Å². The molecule has 2 aromatic rings. The van der Waals surface area contributed by atoms with Gasteiger partial charge in [0.1, 0.15) is 5.75 Å². The number of para-hydroxylation sites is 1. The van der Waals surface area contributed by atoms with E-state index in [2.05, 4.69) is 0 Å². The van der Waals surface area contributed by atoms with Crippen molar-refractivity contribution in [3.05, 3.63) is 65.7 Å². The number of rotatable bonds is 4. The number of carbonyl (C=O) groups excluding carboxylic acids is 2. The van der Waals surface area contributed by atoms with Gasteiger partial charge in [-0.25, -0.2) is 0 Å². The van der Waals surface area contributed by atoms with Gasteiger partial charge in [-0.2, -0.15) is 0 Å². The van der Waals surface area contributed by atoms with Crippen molar-refractivity contribution < 1.29 is 14.3 Å². The number of carbonyl (C=O) groups is 2. The quantitative estimate of drug-likeness (QED) is 0.861. The van der Waals surface area contributed by atoms with Crippen LogP contribution in [-0.4, -0.2) is 25.0 Å². The molecule has 2 N–H and O–H groups in total. The highest BCUT2D eigenvalue weighted by Crippen LogP contribution is 2.38. The SMILES string of the molecule is COc1cccc(/C=C/C(=O)N2c3ccccc3[C@H](C(N)=O)C[C@@H]2C)c1. The van der Waals surface area contributed by atoms with Crippen LogP contribution in [0.1, 0.15) is 30.4 Å². The average Bonchev–Trinajstić information content (AvgIpc) is 2.65. The summed E-state index contributed by atoms with van der Waals surface area (Å²) in [7, 11) is 1.61. The van der Waals surface area contributed by atoms with Crippen LogP contribution < -0.4 is 15.4 Å². The van der Waals surface area contributed by atoms with Gasteiger partial charge in [0.15, 0.2) is 0 Å². The molecule has 2 amide bonds. The number of amides is 2. The molecule has 5 nitrogen and oxygen atoms in total. The average molecular weight is 350 g/mol. The van der Waals surface area contributed by atoms with Crippen LogP contribution in [0.4, 0.5) is 5.69 Å². The molecule has 0 fully saturated rings. The molecule has 2 aromatic carbocycles. The van der Waals surface area contributed by atoms with Crippen LogP contribution in [0.2, 0.25) is 0 Å². The number of nitrogens with two attached hydrogens (primary N) is 1. The Hall–Kier alpha value is -3.08. The Morgan fingerprint density at radius 2 is 1.96 bits per heavy atom. The third kappa shape index (κ3) is 3.47. The minimum Gasteiger partial charge on any atom is -0.497 e. The first-order valence-corrected chi connectivity index (χ1v) is 8.55. The molecule has 134 valence electrons. The Kier molecular flexibility index (Phi) is 5.07. The molecule has 1 aliphatic heterocycles. The first kappa shape index (κ1) is 17.7. The minimum absolute atomic E-state index is 0.121. The Labute approximate surface area is 153 Å². The number of benzene rings is 2. The zero-order chi connectivity index (χ0) is 18.7. The van der Waals surface area contributed by atoms with Gasteiger partial charge in [0.25, 0.3) is 5.91 Å². The number of anilines is 1. The number of ether oxygens (including phenoxy) is 1. The molecule has 0 radical (unpaired) electrons. The maximum atomic E-state index is 12.9. The van der Waals surface area contributed by atoms with E-state index >= 15 is 0 Å². The van der Waals surface area contributed by atoms with Crippen LogP contribution in [0.15, 0.2) is 54.6 Å². The van der Waals surface area contributed by atoms with Gasteiger partial charge in [-0.3, -0.25) is 9.59 Å². The molecule has 2 atom stereocenters. The highest BCUT2D eigenvalue weighted by Gasteiger charge is 2.35. The lowest BCUT2D eigenvalue weighted by atomic mass is 9.85. The fourth-order valence-corrected chi connectivity index (χ4v) is 3.41. The monoisotopic (exact) mass is 350 g/mol. The smallest absolute Gasteiger partial charge is 0.251 e. The largest absolute Gasteiger partial charge is 0.497 e. The van der Waals surface area contributed by atoms with Gasteiger partial charge in [0.05, 0.1) is 13.0 Å². The summed E-state index contributed by atoms with van der Waals surface area (Å²) >= 11 is 0. The first-order chi connectivity index (χ1) is 12.5. The summed E-state index contributed by atoms with van der Waals surface area (Å²) in [5.41, 5.74) is 7.99. The van der Waals surface area contributed by atoms with E-state index in [1.165, 1.54) is 0 Å². The lowest BCUT2D eigenvalue weighted by molar-refractivity contribution is -0.120. The molecule has 0 saturated carbocycles. The van der Waals surface area contributed by atoms with Crippen molar-refractivity contribution in [2.45, 2.75) is 25.3 Å². The Morgan fingerprint density at radius 3 is 2.69 bits per heavy atom. The van der Waals surface area contributed by atoms with E-state index in [0.717, 1.165) is 22.6 Å². The second kappa shape index (κ2) is 7.44. The van der Waals surface area contributed by atoms with Crippen LogP contribution in [0.25, 0.3) is 6.08 Å². The van der Waals surface area contributed by atoms with E-state index in [1.807, 2.05) is 55.5 Å². The van der Waals surface area contributed by atoms with E-state index in [0.29, 0.717) is 6.42 Å². The van der Waals surface area contributed by atoms with Gasteiger partial charge in [-0.15, -0.1) is 0 Å². The van der Waals surface area contributed by atoms with Gasteiger partial charge in [0.2, 0.25) is 5.91 Å². The molecular formula is C21H22N2O3. The van der Waals surface area contributed by atoms with Crippen molar-refractivity contribution >= 4 is 23.6 Å². The maximum Gasteiger partial charge on any atom is 0.251 e. The zero-order valence-electron chi connectivity index (χ0n) is 14.9. The Morgan fingerprint density at radius 1 is 1.19 bits per heavy atom. The van der Waals surface area contributed by atoms with E-state index in [9.17, 15) is 9.59 Å². The van der Waals surface area contributed by atoms with Gasteiger partial charge in [-0.05, 0) is 48.7 Å². The number of primary amides is 1. The predicted octanol–water partition coefficient (Wildman–Crippen LogP) is 3.10. The lowest BCUT2D eigenvalue weighted by Crippen LogP contribution is -2.44. The standard InChI is InChI=1S/C21H22N2O3/c1-14-12-18(21(22)25)17-8-3-4-9-19(17)23(14)20(24)11-10-15-6-5-7-16(13-15)26-2/h3-11,13-14,18H,12H2,1-2H3,(H2,22,25)/b11-10+/t14-,18+/m0/s1. The predicted molar refractivity (Wildman–Crippen MR) is 102 cm³/mol. The molecular weight excluding hydrogens is 328 g/mol. The molecule has 1 heterocycles. The van der Waals surface area contributed by atoms with Gasteiger partial charge in [0, 0.05) is 17.8 Å². The summed E-state index contributed by atoms with van der Waals surface area (Å²) < 4.78 is 5.20. The molecule has 26 heavy (non-hydrogen) atoms. The van der Waals surface area contributed by atoms with Crippen LogP contribution in [0.3, 0.4) is 0 Å².